The van der Waals surface area contributed by atoms with Crippen LogP contribution in [-0.2, 0) is 42.9 Å². The fourth-order valence-electron chi connectivity index (χ4n) is 2.54. The molecule has 0 aliphatic carbocycles. The maximum Gasteiger partial charge on any atom is 0.303 e. The average molecular weight is 398 g/mol. The third kappa shape index (κ3) is 5.57. The van der Waals surface area contributed by atoms with Crippen LogP contribution in [0.4, 0.5) is 0 Å². The van der Waals surface area contributed by atoms with E-state index in [1.54, 1.807) is 6.07 Å². The summed E-state index contributed by atoms with van der Waals surface area (Å²) in [7, 11) is 0. The lowest BCUT2D eigenvalue weighted by Gasteiger charge is -2.46. The molecule has 0 aromatic carbocycles. The van der Waals surface area contributed by atoms with Gasteiger partial charge in [-0.25, -0.2) is 0 Å². The number of ether oxygens (including phenoxy) is 5. The van der Waals surface area contributed by atoms with E-state index in [0.717, 1.165) is 27.7 Å². The largest absolute Gasteiger partial charge is 0.463 e. The van der Waals surface area contributed by atoms with Gasteiger partial charge in [-0.1, -0.05) is 0 Å². The van der Waals surface area contributed by atoms with E-state index in [0.29, 0.717) is 0 Å². The highest BCUT2D eigenvalue weighted by molar-refractivity contribution is 5.69. The van der Waals surface area contributed by atoms with Crippen molar-refractivity contribution in [3.63, 3.8) is 0 Å². The average Bonchev–Trinajstić information content (AvgIpc) is 2.57. The summed E-state index contributed by atoms with van der Waals surface area (Å²) >= 11 is 0. The minimum Gasteiger partial charge on any atom is -0.463 e. The van der Waals surface area contributed by atoms with Crippen molar-refractivity contribution in [1.82, 2.24) is 0 Å². The molecule has 0 radical (unpaired) electrons. The van der Waals surface area contributed by atoms with Gasteiger partial charge in [0.05, 0.1) is 0 Å². The predicted octanol–water partition coefficient (Wildman–Crippen LogP) is 0.274. The van der Waals surface area contributed by atoms with E-state index in [9.17, 15) is 24.4 Å². The van der Waals surface area contributed by atoms with Crippen molar-refractivity contribution in [2.24, 2.45) is 5.11 Å². The van der Waals surface area contributed by atoms with Crippen LogP contribution >= 0.6 is 0 Å². The minimum atomic E-state index is -2.48. The van der Waals surface area contributed by atoms with Gasteiger partial charge in [0.15, 0.2) is 18.3 Å². The summed E-state index contributed by atoms with van der Waals surface area (Å²) in [5.74, 6) is -3.34. The second kappa shape index (κ2) is 9.54. The molecule has 5 atom stereocenters. The molecule has 0 aromatic rings. The minimum absolute atomic E-state index is 0.539. The molecular weight excluding hydrogens is 380 g/mol. The van der Waals surface area contributed by atoms with Crippen molar-refractivity contribution in [2.75, 3.05) is 6.61 Å². The summed E-state index contributed by atoms with van der Waals surface area (Å²) in [5.41, 5.74) is 6.37. The topological polar surface area (TPSA) is 187 Å². The van der Waals surface area contributed by atoms with Gasteiger partial charge in [0.1, 0.15) is 18.8 Å². The number of esters is 4. The van der Waals surface area contributed by atoms with E-state index in [2.05, 4.69) is 10.0 Å². The van der Waals surface area contributed by atoms with E-state index < -0.39 is 60.6 Å². The molecule has 1 fully saturated rings. The van der Waals surface area contributed by atoms with Crippen LogP contribution in [0.2, 0.25) is 0 Å². The standard InChI is InChI=1S/C15H18N4O9/c1-7(20)24-5-11-12(25-8(2)21)13(26-9(3)22)14(27-10(4)23)15(6-16,28-11)18-19-17/h11-14H,5H2,1-4H3/t11-,12+,13+,14-,15-/m1/s1. The number of carbonyl (C=O) groups excluding carboxylic acids is 4. The highest BCUT2D eigenvalue weighted by atomic mass is 16.7. The summed E-state index contributed by atoms with van der Waals surface area (Å²) in [6.07, 6.45) is -6.19. The van der Waals surface area contributed by atoms with Gasteiger partial charge in [-0.2, -0.15) is 5.26 Å². The number of rotatable bonds is 6. The number of carbonyl (C=O) groups is 4. The lowest BCUT2D eigenvalue weighted by Crippen LogP contribution is -2.66. The van der Waals surface area contributed by atoms with E-state index in [4.69, 9.17) is 29.2 Å². The smallest absolute Gasteiger partial charge is 0.303 e. The molecular formula is C15H18N4O9. The molecule has 0 N–H and O–H groups in total. The number of hydrogen-bond donors (Lipinski definition) is 0. The Hall–Kier alpha value is -3.36. The van der Waals surface area contributed by atoms with Crippen LogP contribution in [0, 0.1) is 11.3 Å². The van der Waals surface area contributed by atoms with Crippen LogP contribution in [0.5, 0.6) is 0 Å². The number of azide groups is 1. The molecule has 0 unspecified atom stereocenters. The van der Waals surface area contributed by atoms with Gasteiger partial charge in [-0.05, 0) is 10.6 Å². The Morgan fingerprint density at radius 2 is 1.57 bits per heavy atom. The normalized spacial score (nSPS) is 28.7. The van der Waals surface area contributed by atoms with Crippen molar-refractivity contribution in [3.8, 4) is 6.07 Å². The molecule has 0 spiro atoms. The molecule has 0 saturated carbocycles. The van der Waals surface area contributed by atoms with Crippen LogP contribution in [0.15, 0.2) is 5.11 Å². The first-order valence-corrected chi connectivity index (χ1v) is 7.86. The first-order chi connectivity index (χ1) is 13.1. The van der Waals surface area contributed by atoms with Crippen molar-refractivity contribution in [3.05, 3.63) is 10.4 Å². The molecule has 13 nitrogen and oxygen atoms in total. The molecule has 0 bridgehead atoms. The molecule has 1 aliphatic rings. The first-order valence-electron chi connectivity index (χ1n) is 7.86. The Kier molecular flexibility index (Phi) is 7.73. The van der Waals surface area contributed by atoms with Gasteiger partial charge in [0.25, 0.3) is 5.72 Å². The Balaban J connectivity index is 3.55. The second-order valence-corrected chi connectivity index (χ2v) is 5.63. The van der Waals surface area contributed by atoms with Gasteiger partial charge in [-0.15, -0.1) is 0 Å². The van der Waals surface area contributed by atoms with E-state index in [-0.39, 0.29) is 0 Å². The summed E-state index contributed by atoms with van der Waals surface area (Å²) in [5, 5.41) is 12.8. The molecule has 1 heterocycles. The third-order valence-corrected chi connectivity index (χ3v) is 3.41. The van der Waals surface area contributed by atoms with E-state index >= 15 is 0 Å². The molecule has 13 heteroatoms. The molecule has 0 amide bonds. The Morgan fingerprint density at radius 1 is 1.04 bits per heavy atom. The summed E-state index contributed by atoms with van der Waals surface area (Å²) in [6, 6.07) is 1.58. The number of nitrogens with zero attached hydrogens (tertiary/aromatic N) is 4. The molecule has 152 valence electrons. The first kappa shape index (κ1) is 22.7. The summed E-state index contributed by atoms with van der Waals surface area (Å²) < 4.78 is 25.5. The number of nitriles is 1. The van der Waals surface area contributed by atoms with Crippen molar-refractivity contribution < 1.29 is 42.9 Å². The van der Waals surface area contributed by atoms with Crippen LogP contribution in [0.25, 0.3) is 10.4 Å². The van der Waals surface area contributed by atoms with Gasteiger partial charge in [0, 0.05) is 32.6 Å². The lowest BCUT2D eigenvalue weighted by atomic mass is 9.91. The molecule has 1 aliphatic heterocycles. The number of hydrogen-bond acceptors (Lipinski definition) is 11. The highest BCUT2D eigenvalue weighted by Gasteiger charge is 2.60. The SMILES string of the molecule is CC(=O)OC[C@H]1O[C@@](C#N)(N=[N+]=[N-])[C@H](OC(C)=O)[C@@H](OC(C)=O)[C@H]1OC(C)=O. The van der Waals surface area contributed by atoms with E-state index in [1.807, 2.05) is 0 Å². The lowest BCUT2D eigenvalue weighted by molar-refractivity contribution is -0.269. The van der Waals surface area contributed by atoms with E-state index in [1.165, 1.54) is 0 Å². The third-order valence-electron chi connectivity index (χ3n) is 3.41. The Bertz CT molecular complexity index is 742. The van der Waals surface area contributed by atoms with Crippen molar-refractivity contribution in [1.29, 1.82) is 5.26 Å². The maximum absolute atomic E-state index is 11.6. The van der Waals surface area contributed by atoms with Crippen LogP contribution in [0.3, 0.4) is 0 Å². The van der Waals surface area contributed by atoms with Gasteiger partial charge in [0.2, 0.25) is 0 Å². The monoisotopic (exact) mass is 398 g/mol. The summed E-state index contributed by atoms with van der Waals surface area (Å²) in [6.45, 7) is 3.62. The summed E-state index contributed by atoms with van der Waals surface area (Å²) in [4.78, 5) is 48.3. The van der Waals surface area contributed by atoms with Crippen LogP contribution < -0.4 is 0 Å². The van der Waals surface area contributed by atoms with Crippen molar-refractivity contribution in [2.45, 2.75) is 57.8 Å². The predicted molar refractivity (Wildman–Crippen MR) is 85.7 cm³/mol. The maximum atomic E-state index is 11.6. The fourth-order valence-corrected chi connectivity index (χ4v) is 2.54. The highest BCUT2D eigenvalue weighted by Crippen LogP contribution is 2.36. The van der Waals surface area contributed by atoms with Gasteiger partial charge in [-0.3, -0.25) is 19.2 Å². The molecule has 0 aromatic heterocycles. The zero-order chi connectivity index (χ0) is 21.5. The Morgan fingerprint density at radius 3 is 2.00 bits per heavy atom. The van der Waals surface area contributed by atoms with Crippen LogP contribution in [0.1, 0.15) is 27.7 Å². The molecule has 1 saturated heterocycles. The zero-order valence-electron chi connectivity index (χ0n) is 15.5. The van der Waals surface area contributed by atoms with Gasteiger partial charge < -0.3 is 23.7 Å². The van der Waals surface area contributed by atoms with Crippen molar-refractivity contribution >= 4 is 23.9 Å². The van der Waals surface area contributed by atoms with Crippen LogP contribution in [-0.4, -0.2) is 60.6 Å². The molecule has 1 rings (SSSR count). The fraction of sp³-hybridized carbons (Fsp3) is 0.667. The second-order valence-electron chi connectivity index (χ2n) is 5.63. The van der Waals surface area contributed by atoms with Gasteiger partial charge >= 0.3 is 23.9 Å². The zero-order valence-corrected chi connectivity index (χ0v) is 15.5. The molecule has 28 heavy (non-hydrogen) atoms. The quantitative estimate of drug-likeness (QED) is 0.197. The Labute approximate surface area is 159 Å².